The Morgan fingerprint density at radius 1 is 1.47 bits per heavy atom. The highest BCUT2D eigenvalue weighted by atomic mass is 19.1. The van der Waals surface area contributed by atoms with E-state index in [-0.39, 0.29) is 17.3 Å². The van der Waals surface area contributed by atoms with E-state index in [1.807, 2.05) is 6.92 Å². The van der Waals surface area contributed by atoms with Gasteiger partial charge in [0, 0.05) is 17.7 Å². The molecule has 1 aromatic carbocycles. The molecule has 1 aromatic heterocycles. The van der Waals surface area contributed by atoms with Crippen molar-refractivity contribution in [3.05, 3.63) is 35.3 Å². The van der Waals surface area contributed by atoms with Crippen molar-refractivity contribution < 1.29 is 23.6 Å². The van der Waals surface area contributed by atoms with Crippen molar-refractivity contribution in [2.24, 2.45) is 0 Å². The van der Waals surface area contributed by atoms with Crippen LogP contribution in [-0.2, 0) is 6.42 Å². The third-order valence-electron chi connectivity index (χ3n) is 2.75. The predicted octanol–water partition coefficient (Wildman–Crippen LogP) is 2.75. The van der Waals surface area contributed by atoms with Crippen LogP contribution in [0.4, 0.5) is 4.39 Å². The summed E-state index contributed by atoms with van der Waals surface area (Å²) < 4.78 is 23.4. The molecule has 2 aromatic rings. The third kappa shape index (κ3) is 2.42. The predicted molar refractivity (Wildman–Crippen MR) is 64.8 cm³/mol. The summed E-state index contributed by atoms with van der Waals surface area (Å²) in [5, 5.41) is 12.5. The number of methoxy groups -OCH3 is 1. The maximum absolute atomic E-state index is 13.6. The Morgan fingerprint density at radius 3 is 2.74 bits per heavy atom. The second-order valence-electron chi connectivity index (χ2n) is 3.88. The first kappa shape index (κ1) is 13.1. The summed E-state index contributed by atoms with van der Waals surface area (Å²) in [5.74, 6) is -1.58. The number of carbonyl (C=O) groups is 1. The van der Waals surface area contributed by atoms with Gasteiger partial charge in [-0.1, -0.05) is 12.1 Å². The van der Waals surface area contributed by atoms with Crippen LogP contribution in [0, 0.1) is 5.82 Å². The van der Waals surface area contributed by atoms with E-state index < -0.39 is 5.97 Å². The van der Waals surface area contributed by atoms with Gasteiger partial charge >= 0.3 is 5.97 Å². The van der Waals surface area contributed by atoms with Crippen LogP contribution in [0.5, 0.6) is 5.75 Å². The minimum atomic E-state index is -1.21. The van der Waals surface area contributed by atoms with E-state index in [4.69, 9.17) is 9.84 Å². The van der Waals surface area contributed by atoms with E-state index >= 15 is 0 Å². The molecule has 0 radical (unpaired) electrons. The number of ether oxygens (including phenoxy) is 1. The zero-order valence-corrected chi connectivity index (χ0v) is 10.4. The number of rotatable bonds is 4. The van der Waals surface area contributed by atoms with E-state index in [0.717, 1.165) is 0 Å². The molecule has 0 amide bonds. The average molecular weight is 265 g/mol. The molecule has 5 nitrogen and oxygen atoms in total. The van der Waals surface area contributed by atoms with Crippen molar-refractivity contribution in [1.29, 1.82) is 0 Å². The van der Waals surface area contributed by atoms with E-state index in [1.54, 1.807) is 6.07 Å². The number of halogens is 1. The van der Waals surface area contributed by atoms with Crippen LogP contribution >= 0.6 is 0 Å². The third-order valence-corrected chi connectivity index (χ3v) is 2.75. The van der Waals surface area contributed by atoms with Crippen LogP contribution < -0.4 is 4.74 Å². The molecule has 1 heterocycles. The summed E-state index contributed by atoms with van der Waals surface area (Å²) in [6, 6.07) is 4.11. The lowest BCUT2D eigenvalue weighted by atomic mass is 10.0. The molecule has 1 N–H and O–H groups in total. The molecule has 0 fully saturated rings. The lowest BCUT2D eigenvalue weighted by molar-refractivity contribution is 0.0652. The molecule has 100 valence electrons. The molecule has 0 bridgehead atoms. The highest BCUT2D eigenvalue weighted by Crippen LogP contribution is 2.32. The van der Waals surface area contributed by atoms with Crippen LogP contribution in [0.1, 0.15) is 23.0 Å². The highest BCUT2D eigenvalue weighted by molar-refractivity contribution is 5.86. The number of carboxylic acid groups (broad SMARTS) is 1. The molecule has 0 unspecified atom stereocenters. The SMILES string of the molecule is CCc1cc(-c2cc(C(=O)O)on2)c(OC)cc1F. The number of aromatic nitrogens is 1. The summed E-state index contributed by atoms with van der Waals surface area (Å²) in [7, 11) is 1.40. The Morgan fingerprint density at radius 2 is 2.21 bits per heavy atom. The van der Waals surface area contributed by atoms with Crippen molar-refractivity contribution in [1.82, 2.24) is 5.16 Å². The normalized spacial score (nSPS) is 10.5. The Labute approximate surface area is 108 Å². The summed E-state index contributed by atoms with van der Waals surface area (Å²) in [6.07, 6.45) is 0.506. The van der Waals surface area contributed by atoms with Gasteiger partial charge in [-0.15, -0.1) is 0 Å². The fraction of sp³-hybridized carbons (Fsp3) is 0.231. The molecule has 0 atom stereocenters. The summed E-state index contributed by atoms with van der Waals surface area (Å²) in [4.78, 5) is 10.8. The minimum Gasteiger partial charge on any atom is -0.496 e. The quantitative estimate of drug-likeness (QED) is 0.920. The van der Waals surface area contributed by atoms with Crippen LogP contribution in [0.3, 0.4) is 0 Å². The van der Waals surface area contributed by atoms with Gasteiger partial charge < -0.3 is 14.4 Å². The monoisotopic (exact) mass is 265 g/mol. The number of aryl methyl sites for hydroxylation is 1. The van der Waals surface area contributed by atoms with Crippen LogP contribution in [0.15, 0.2) is 22.7 Å². The van der Waals surface area contributed by atoms with Crippen molar-refractivity contribution in [3.8, 4) is 17.0 Å². The molecule has 0 aliphatic heterocycles. The second-order valence-corrected chi connectivity index (χ2v) is 3.88. The zero-order chi connectivity index (χ0) is 14.0. The molecule has 2 rings (SSSR count). The van der Waals surface area contributed by atoms with Gasteiger partial charge in [-0.05, 0) is 18.1 Å². The summed E-state index contributed by atoms with van der Waals surface area (Å²) in [6.45, 7) is 1.82. The number of hydrogen-bond acceptors (Lipinski definition) is 4. The van der Waals surface area contributed by atoms with Crippen molar-refractivity contribution >= 4 is 5.97 Å². The number of nitrogens with zero attached hydrogens (tertiary/aromatic N) is 1. The molecule has 0 saturated heterocycles. The fourth-order valence-corrected chi connectivity index (χ4v) is 1.74. The number of carboxylic acids is 1. The van der Waals surface area contributed by atoms with Gasteiger partial charge in [-0.2, -0.15) is 0 Å². The van der Waals surface area contributed by atoms with Gasteiger partial charge in [-0.3, -0.25) is 0 Å². The largest absolute Gasteiger partial charge is 0.496 e. The first-order valence-corrected chi connectivity index (χ1v) is 5.63. The van der Waals surface area contributed by atoms with Gasteiger partial charge in [0.2, 0.25) is 5.76 Å². The van der Waals surface area contributed by atoms with Crippen LogP contribution in [-0.4, -0.2) is 23.3 Å². The Hall–Kier alpha value is -2.37. The zero-order valence-electron chi connectivity index (χ0n) is 10.4. The van der Waals surface area contributed by atoms with Crippen molar-refractivity contribution in [3.63, 3.8) is 0 Å². The minimum absolute atomic E-state index is 0.278. The summed E-state index contributed by atoms with van der Waals surface area (Å²) >= 11 is 0. The molecule has 0 aliphatic rings. The lowest BCUT2D eigenvalue weighted by Crippen LogP contribution is -1.95. The maximum Gasteiger partial charge on any atom is 0.374 e. The van der Waals surface area contributed by atoms with E-state index in [2.05, 4.69) is 9.68 Å². The van der Waals surface area contributed by atoms with Gasteiger partial charge in [0.05, 0.1) is 7.11 Å². The lowest BCUT2D eigenvalue weighted by Gasteiger charge is -2.08. The van der Waals surface area contributed by atoms with Crippen LogP contribution in [0.25, 0.3) is 11.3 Å². The first-order valence-electron chi connectivity index (χ1n) is 5.63. The molecule has 0 spiro atoms. The highest BCUT2D eigenvalue weighted by Gasteiger charge is 2.17. The molecule has 19 heavy (non-hydrogen) atoms. The van der Waals surface area contributed by atoms with Gasteiger partial charge in [0.1, 0.15) is 17.3 Å². The number of hydrogen-bond donors (Lipinski definition) is 1. The smallest absolute Gasteiger partial charge is 0.374 e. The van der Waals surface area contributed by atoms with Crippen LogP contribution in [0.2, 0.25) is 0 Å². The Bertz CT molecular complexity index is 621. The standard InChI is InChI=1S/C13H12FNO4/c1-3-7-4-8(11(18-2)5-9(7)14)10-6-12(13(16)17)19-15-10/h4-6H,3H2,1-2H3,(H,16,17). The topological polar surface area (TPSA) is 72.6 Å². The molecular formula is C13H12FNO4. The number of aromatic carboxylic acids is 1. The van der Waals surface area contributed by atoms with E-state index in [1.165, 1.54) is 19.2 Å². The average Bonchev–Trinajstić information content (AvgIpc) is 2.88. The van der Waals surface area contributed by atoms with Gasteiger partial charge in [0.15, 0.2) is 0 Å². The Kier molecular flexibility index (Phi) is 3.50. The Balaban J connectivity index is 2.55. The molecule has 0 aliphatic carbocycles. The van der Waals surface area contributed by atoms with E-state index in [9.17, 15) is 9.18 Å². The van der Waals surface area contributed by atoms with Gasteiger partial charge in [0.25, 0.3) is 0 Å². The molecular weight excluding hydrogens is 253 g/mol. The van der Waals surface area contributed by atoms with Crippen molar-refractivity contribution in [2.45, 2.75) is 13.3 Å². The maximum atomic E-state index is 13.6. The molecule has 6 heteroatoms. The van der Waals surface area contributed by atoms with Crippen molar-refractivity contribution in [2.75, 3.05) is 7.11 Å². The summed E-state index contributed by atoms with van der Waals surface area (Å²) in [5.41, 5.74) is 1.29. The number of benzene rings is 1. The second kappa shape index (κ2) is 5.09. The molecule has 0 saturated carbocycles. The van der Waals surface area contributed by atoms with E-state index in [0.29, 0.717) is 23.2 Å². The van der Waals surface area contributed by atoms with Gasteiger partial charge in [-0.25, -0.2) is 9.18 Å². The first-order chi connectivity index (χ1) is 9.06. The fourth-order valence-electron chi connectivity index (χ4n) is 1.74.